The molecule has 0 fully saturated rings. The Hall–Kier alpha value is -2.69. The summed E-state index contributed by atoms with van der Waals surface area (Å²) in [5.41, 5.74) is 3.45. The van der Waals surface area contributed by atoms with Crippen LogP contribution in [0.2, 0.25) is 0 Å². The summed E-state index contributed by atoms with van der Waals surface area (Å²) >= 11 is 0. The molecule has 1 aliphatic rings. The van der Waals surface area contributed by atoms with Gasteiger partial charge in [-0.2, -0.15) is 0 Å². The lowest BCUT2D eigenvalue weighted by Crippen LogP contribution is -2.24. The average Bonchev–Trinajstić information content (AvgIpc) is 2.65. The molecule has 0 aliphatic carbocycles. The second-order valence-corrected chi connectivity index (χ2v) is 6.00. The second-order valence-electron chi connectivity index (χ2n) is 6.00. The van der Waals surface area contributed by atoms with Crippen LogP contribution in [0.4, 0.5) is 0 Å². The van der Waals surface area contributed by atoms with E-state index < -0.39 is 0 Å². The molecule has 25 heavy (non-hydrogen) atoms. The molecule has 1 aliphatic heterocycles. The molecule has 1 atom stereocenters. The van der Waals surface area contributed by atoms with Crippen LogP contribution in [0.15, 0.2) is 30.3 Å². The van der Waals surface area contributed by atoms with Crippen LogP contribution in [0.5, 0.6) is 23.0 Å². The summed E-state index contributed by atoms with van der Waals surface area (Å²) in [7, 11) is 8.72. The van der Waals surface area contributed by atoms with Crippen LogP contribution in [-0.2, 0) is 6.42 Å². The first kappa shape index (κ1) is 17.1. The number of para-hydroxylation sites is 1. The maximum absolute atomic E-state index is 5.63. The first-order chi connectivity index (χ1) is 12.1. The van der Waals surface area contributed by atoms with Crippen molar-refractivity contribution in [3.63, 3.8) is 0 Å². The summed E-state index contributed by atoms with van der Waals surface area (Å²) in [6.45, 7) is 0. The van der Waals surface area contributed by atoms with E-state index in [-0.39, 0.29) is 6.04 Å². The van der Waals surface area contributed by atoms with Crippen molar-refractivity contribution in [2.45, 2.75) is 12.5 Å². The summed E-state index contributed by atoms with van der Waals surface area (Å²) in [5, 5.41) is 0. The van der Waals surface area contributed by atoms with E-state index >= 15 is 0 Å². The van der Waals surface area contributed by atoms with Crippen LogP contribution >= 0.6 is 0 Å². The molecule has 5 nitrogen and oxygen atoms in total. The standard InChI is InChI=1S/C20H24NO4/c1-21-12-14-11-19(24-4)18(23-3)10-13(14)9-16(21)15-7-6-8-17(22-2)20(15)25-5/h6-8,10-12,16H,9H2,1-5H3/q+1. The van der Waals surface area contributed by atoms with Crippen molar-refractivity contribution in [3.05, 3.63) is 47.0 Å². The van der Waals surface area contributed by atoms with Crippen molar-refractivity contribution in [2.24, 2.45) is 0 Å². The monoisotopic (exact) mass is 342 g/mol. The molecular weight excluding hydrogens is 318 g/mol. The zero-order valence-corrected chi connectivity index (χ0v) is 15.3. The van der Waals surface area contributed by atoms with Gasteiger partial charge < -0.3 is 18.9 Å². The predicted molar refractivity (Wildman–Crippen MR) is 96.9 cm³/mol. The Labute approximate surface area is 148 Å². The van der Waals surface area contributed by atoms with Gasteiger partial charge in [0.05, 0.1) is 34.0 Å². The quantitative estimate of drug-likeness (QED) is 0.783. The maximum Gasteiger partial charge on any atom is 0.185 e. The maximum atomic E-state index is 5.63. The minimum Gasteiger partial charge on any atom is -0.493 e. The van der Waals surface area contributed by atoms with E-state index in [0.29, 0.717) is 0 Å². The van der Waals surface area contributed by atoms with Gasteiger partial charge in [-0.3, -0.25) is 0 Å². The van der Waals surface area contributed by atoms with Gasteiger partial charge in [-0.05, 0) is 29.8 Å². The molecule has 0 radical (unpaired) electrons. The zero-order valence-electron chi connectivity index (χ0n) is 15.3. The third-order valence-corrected chi connectivity index (χ3v) is 4.69. The minimum absolute atomic E-state index is 0.149. The molecule has 0 bridgehead atoms. The predicted octanol–water partition coefficient (Wildman–Crippen LogP) is 3.08. The van der Waals surface area contributed by atoms with Gasteiger partial charge in [-0.15, -0.1) is 0 Å². The second kappa shape index (κ2) is 7.05. The van der Waals surface area contributed by atoms with E-state index in [1.165, 1.54) is 5.56 Å². The molecule has 3 rings (SSSR count). The van der Waals surface area contributed by atoms with Crippen LogP contribution in [0.25, 0.3) is 0 Å². The molecule has 0 saturated carbocycles. The molecule has 2 aromatic rings. The Kier molecular flexibility index (Phi) is 4.83. The molecule has 0 N–H and O–H groups in total. The fraction of sp³-hybridized carbons (Fsp3) is 0.350. The van der Waals surface area contributed by atoms with E-state index in [2.05, 4.69) is 30.0 Å². The largest absolute Gasteiger partial charge is 0.493 e. The Morgan fingerprint density at radius 2 is 1.56 bits per heavy atom. The summed E-state index contributed by atoms with van der Waals surface area (Å²) in [5.74, 6) is 3.00. The summed E-state index contributed by atoms with van der Waals surface area (Å²) in [6.07, 6.45) is 2.97. The van der Waals surface area contributed by atoms with Gasteiger partial charge >= 0.3 is 0 Å². The number of rotatable bonds is 5. The first-order valence-corrected chi connectivity index (χ1v) is 8.15. The fourth-order valence-electron chi connectivity index (χ4n) is 3.40. The van der Waals surface area contributed by atoms with Crippen LogP contribution < -0.4 is 18.9 Å². The molecule has 0 aromatic heterocycles. The molecule has 0 amide bonds. The van der Waals surface area contributed by atoms with Crippen LogP contribution in [0, 0.1) is 0 Å². The lowest BCUT2D eigenvalue weighted by Gasteiger charge is -2.23. The van der Waals surface area contributed by atoms with E-state index in [1.807, 2.05) is 18.2 Å². The number of nitrogens with zero attached hydrogens (tertiary/aromatic N) is 1. The molecule has 1 unspecified atom stereocenters. The van der Waals surface area contributed by atoms with Gasteiger partial charge in [0.1, 0.15) is 7.05 Å². The molecule has 2 aromatic carbocycles. The lowest BCUT2D eigenvalue weighted by molar-refractivity contribution is -0.541. The molecule has 5 heteroatoms. The lowest BCUT2D eigenvalue weighted by atomic mass is 9.91. The Bertz CT molecular complexity index is 814. The van der Waals surface area contributed by atoms with Gasteiger partial charge in [-0.1, -0.05) is 6.07 Å². The van der Waals surface area contributed by atoms with Crippen molar-refractivity contribution < 1.29 is 23.5 Å². The summed E-state index contributed by atoms with van der Waals surface area (Å²) in [6, 6.07) is 10.2. The molecule has 0 saturated heterocycles. The normalized spacial score (nSPS) is 15.9. The molecule has 1 heterocycles. The van der Waals surface area contributed by atoms with Gasteiger partial charge in [0.15, 0.2) is 35.3 Å². The van der Waals surface area contributed by atoms with Gasteiger partial charge in [0.25, 0.3) is 0 Å². The Balaban J connectivity index is 2.07. The molecule has 0 spiro atoms. The van der Waals surface area contributed by atoms with E-state index in [4.69, 9.17) is 18.9 Å². The third-order valence-electron chi connectivity index (χ3n) is 4.69. The smallest absolute Gasteiger partial charge is 0.185 e. The number of ether oxygens (including phenoxy) is 4. The fourth-order valence-corrected chi connectivity index (χ4v) is 3.40. The van der Waals surface area contributed by atoms with Crippen molar-refractivity contribution >= 4 is 6.21 Å². The average molecular weight is 342 g/mol. The summed E-state index contributed by atoms with van der Waals surface area (Å²) in [4.78, 5) is 0. The van der Waals surface area contributed by atoms with E-state index in [9.17, 15) is 0 Å². The SMILES string of the molecule is COc1cc2c(cc1OC)CC(c1cccc(OC)c1OC)[N+](C)=C2. The number of methoxy groups -OCH3 is 4. The highest BCUT2D eigenvalue weighted by Gasteiger charge is 2.31. The molecular formula is C20H24NO4+. The van der Waals surface area contributed by atoms with Crippen molar-refractivity contribution in [1.29, 1.82) is 0 Å². The number of fused-ring (bicyclic) bond motifs is 1. The third kappa shape index (κ3) is 3.02. The highest BCUT2D eigenvalue weighted by molar-refractivity contribution is 5.81. The zero-order chi connectivity index (χ0) is 18.0. The van der Waals surface area contributed by atoms with Crippen LogP contribution in [0.3, 0.4) is 0 Å². The first-order valence-electron chi connectivity index (χ1n) is 8.15. The van der Waals surface area contributed by atoms with Crippen LogP contribution in [-0.4, -0.2) is 46.3 Å². The molecule has 132 valence electrons. The number of likely N-dealkylation sites (N-methyl/N-ethyl adjacent to an activating group) is 1. The van der Waals surface area contributed by atoms with Crippen molar-refractivity contribution in [2.75, 3.05) is 35.5 Å². The topological polar surface area (TPSA) is 39.9 Å². The van der Waals surface area contributed by atoms with Crippen molar-refractivity contribution in [1.82, 2.24) is 0 Å². The Morgan fingerprint density at radius 3 is 2.20 bits per heavy atom. The van der Waals surface area contributed by atoms with E-state index in [1.54, 1.807) is 28.4 Å². The highest BCUT2D eigenvalue weighted by Crippen LogP contribution is 2.40. The van der Waals surface area contributed by atoms with Gasteiger partial charge in [-0.25, -0.2) is 4.58 Å². The minimum atomic E-state index is 0.149. The Morgan fingerprint density at radius 1 is 0.880 bits per heavy atom. The van der Waals surface area contributed by atoms with Gasteiger partial charge in [0, 0.05) is 12.0 Å². The van der Waals surface area contributed by atoms with Crippen LogP contribution in [0.1, 0.15) is 22.7 Å². The van der Waals surface area contributed by atoms with E-state index in [0.717, 1.165) is 40.5 Å². The number of hydrogen-bond donors (Lipinski definition) is 0. The van der Waals surface area contributed by atoms with Crippen molar-refractivity contribution in [3.8, 4) is 23.0 Å². The van der Waals surface area contributed by atoms with Gasteiger partial charge in [0.2, 0.25) is 0 Å². The number of benzene rings is 2. The summed E-state index contributed by atoms with van der Waals surface area (Å²) < 4.78 is 24.1. The number of hydrogen-bond acceptors (Lipinski definition) is 4. The highest BCUT2D eigenvalue weighted by atomic mass is 16.5.